The topological polar surface area (TPSA) is 41.6 Å². The first-order valence-electron chi connectivity index (χ1n) is 3.91. The Morgan fingerprint density at radius 2 is 2.00 bits per heavy atom. The first kappa shape index (κ1) is 11.0. The van der Waals surface area contributed by atoms with Crippen LogP contribution in [0.25, 0.3) is 11.3 Å². The Labute approximate surface area is 92.9 Å². The van der Waals surface area contributed by atoms with Gasteiger partial charge in [0.25, 0.3) is 0 Å². The minimum absolute atomic E-state index is 0. The molecule has 3 nitrogen and oxygen atoms in total. The zero-order chi connectivity index (χ0) is 9.10. The Morgan fingerprint density at radius 1 is 1.29 bits per heavy atom. The van der Waals surface area contributed by atoms with Crippen molar-refractivity contribution in [1.82, 2.24) is 15.2 Å². The number of rotatable bonds is 2. The number of hydrogen-bond donors (Lipinski definition) is 1. The molecular weight excluding hydrogens is 221 g/mol. The third-order valence-corrected chi connectivity index (χ3v) is 2.04. The van der Waals surface area contributed by atoms with E-state index in [0.717, 1.165) is 17.0 Å². The molecule has 5 heteroatoms. The molecule has 0 amide bonds. The second-order valence-electron chi connectivity index (χ2n) is 2.65. The molecule has 0 aliphatic heterocycles. The molecule has 0 aromatic carbocycles. The molecule has 0 saturated heterocycles. The first-order chi connectivity index (χ1) is 6.40. The highest BCUT2D eigenvalue weighted by molar-refractivity contribution is 6.16. The zero-order valence-electron chi connectivity index (χ0n) is 7.27. The molecule has 2 rings (SSSR count). The second-order valence-corrected chi connectivity index (χ2v) is 2.92. The van der Waals surface area contributed by atoms with E-state index < -0.39 is 0 Å². The highest BCUT2D eigenvalue weighted by Crippen LogP contribution is 2.16. The third-order valence-electron chi connectivity index (χ3n) is 1.75. The van der Waals surface area contributed by atoms with Crippen molar-refractivity contribution in [3.05, 3.63) is 36.3 Å². The normalized spacial score (nSPS) is 9.50. The molecule has 0 fully saturated rings. The van der Waals surface area contributed by atoms with Gasteiger partial charge in [-0.15, -0.1) is 24.0 Å². The van der Waals surface area contributed by atoms with Gasteiger partial charge in [0.2, 0.25) is 0 Å². The molecule has 0 spiro atoms. The molecule has 0 atom stereocenters. The van der Waals surface area contributed by atoms with Gasteiger partial charge in [-0.1, -0.05) is 0 Å². The summed E-state index contributed by atoms with van der Waals surface area (Å²) in [6, 6.07) is 5.75. The van der Waals surface area contributed by atoms with E-state index in [1.165, 1.54) is 0 Å². The maximum atomic E-state index is 5.64. The molecule has 0 aliphatic carbocycles. The smallest absolute Gasteiger partial charge is 0.0925 e. The number of nitrogens with zero attached hydrogens (tertiary/aromatic N) is 2. The molecule has 0 saturated carbocycles. The maximum Gasteiger partial charge on any atom is 0.0925 e. The predicted octanol–water partition coefficient (Wildman–Crippen LogP) is 2.63. The average Bonchev–Trinajstić information content (AvgIpc) is 2.67. The summed E-state index contributed by atoms with van der Waals surface area (Å²) in [6.45, 7) is 0. The van der Waals surface area contributed by atoms with Crippen LogP contribution < -0.4 is 0 Å². The lowest BCUT2D eigenvalue weighted by Gasteiger charge is -1.91. The lowest BCUT2D eigenvalue weighted by Crippen LogP contribution is -1.77. The average molecular weight is 230 g/mol. The van der Waals surface area contributed by atoms with E-state index in [0.29, 0.717) is 5.88 Å². The molecular formula is C9H9Cl2N3. The van der Waals surface area contributed by atoms with Gasteiger partial charge in [0, 0.05) is 18.0 Å². The van der Waals surface area contributed by atoms with Crippen LogP contribution in [0.1, 0.15) is 5.69 Å². The summed E-state index contributed by atoms with van der Waals surface area (Å²) in [6.07, 6.45) is 3.48. The van der Waals surface area contributed by atoms with Gasteiger partial charge in [0.05, 0.1) is 17.3 Å². The summed E-state index contributed by atoms with van der Waals surface area (Å²) >= 11 is 5.64. The fourth-order valence-electron chi connectivity index (χ4n) is 1.10. The van der Waals surface area contributed by atoms with Crippen LogP contribution in [-0.4, -0.2) is 15.2 Å². The Balaban J connectivity index is 0.000000980. The first-order valence-corrected chi connectivity index (χ1v) is 4.44. The number of aromatic amines is 1. The third kappa shape index (κ3) is 2.25. The molecule has 0 bridgehead atoms. The molecule has 0 unspecified atom stereocenters. The molecule has 74 valence electrons. The molecule has 2 heterocycles. The standard InChI is InChI=1S/C9H8ClN3.ClH/c10-6-8-5-9(13-12-8)7-1-3-11-4-2-7;/h1-5H,6H2,(H,12,13);1H. The molecule has 2 aromatic rings. The number of H-pyrrole nitrogens is 1. The molecule has 1 N–H and O–H groups in total. The van der Waals surface area contributed by atoms with Gasteiger partial charge in [0.15, 0.2) is 0 Å². The molecule has 0 aliphatic rings. The SMILES string of the molecule is Cl.ClCc1cc(-c2ccncc2)n[nH]1. The summed E-state index contributed by atoms with van der Waals surface area (Å²) in [7, 11) is 0. The van der Waals surface area contributed by atoms with Gasteiger partial charge in [0.1, 0.15) is 0 Å². The van der Waals surface area contributed by atoms with Gasteiger partial charge >= 0.3 is 0 Å². The van der Waals surface area contributed by atoms with E-state index in [1.807, 2.05) is 18.2 Å². The second kappa shape index (κ2) is 4.98. The van der Waals surface area contributed by atoms with Crippen molar-refractivity contribution in [2.24, 2.45) is 0 Å². The summed E-state index contributed by atoms with van der Waals surface area (Å²) < 4.78 is 0. The largest absolute Gasteiger partial charge is 0.281 e. The van der Waals surface area contributed by atoms with Crippen molar-refractivity contribution < 1.29 is 0 Å². The predicted molar refractivity (Wildman–Crippen MR) is 58.6 cm³/mol. The summed E-state index contributed by atoms with van der Waals surface area (Å²) in [5.74, 6) is 0.456. The highest BCUT2D eigenvalue weighted by atomic mass is 35.5. The number of halogens is 2. The Bertz CT molecular complexity index is 386. The Hall–Kier alpha value is -1.06. The van der Waals surface area contributed by atoms with Crippen molar-refractivity contribution in [2.45, 2.75) is 5.88 Å². The summed E-state index contributed by atoms with van der Waals surface area (Å²) in [5.41, 5.74) is 2.87. The minimum Gasteiger partial charge on any atom is -0.281 e. The molecule has 14 heavy (non-hydrogen) atoms. The van der Waals surface area contributed by atoms with E-state index in [4.69, 9.17) is 11.6 Å². The quantitative estimate of drug-likeness (QED) is 0.805. The van der Waals surface area contributed by atoms with Crippen LogP contribution in [0.15, 0.2) is 30.6 Å². The summed E-state index contributed by atoms with van der Waals surface area (Å²) in [4.78, 5) is 3.93. The number of aromatic nitrogens is 3. The summed E-state index contributed by atoms with van der Waals surface area (Å²) in [5, 5.41) is 6.97. The van der Waals surface area contributed by atoms with Crippen molar-refractivity contribution in [3.8, 4) is 11.3 Å². The van der Waals surface area contributed by atoms with Crippen LogP contribution in [0, 0.1) is 0 Å². The Kier molecular flexibility index (Phi) is 3.92. The van der Waals surface area contributed by atoms with Crippen LogP contribution >= 0.6 is 24.0 Å². The van der Waals surface area contributed by atoms with E-state index in [9.17, 15) is 0 Å². The minimum atomic E-state index is 0. The van der Waals surface area contributed by atoms with Gasteiger partial charge < -0.3 is 0 Å². The van der Waals surface area contributed by atoms with Gasteiger partial charge in [-0.25, -0.2) is 0 Å². The van der Waals surface area contributed by atoms with E-state index >= 15 is 0 Å². The molecule has 0 radical (unpaired) electrons. The van der Waals surface area contributed by atoms with Crippen molar-refractivity contribution in [2.75, 3.05) is 0 Å². The van der Waals surface area contributed by atoms with Crippen molar-refractivity contribution in [3.63, 3.8) is 0 Å². The van der Waals surface area contributed by atoms with Gasteiger partial charge in [-0.05, 0) is 18.2 Å². The van der Waals surface area contributed by atoms with Crippen molar-refractivity contribution >= 4 is 24.0 Å². The van der Waals surface area contributed by atoms with Crippen LogP contribution in [0.2, 0.25) is 0 Å². The number of alkyl halides is 1. The van der Waals surface area contributed by atoms with Crippen molar-refractivity contribution in [1.29, 1.82) is 0 Å². The zero-order valence-corrected chi connectivity index (χ0v) is 8.85. The number of hydrogen-bond acceptors (Lipinski definition) is 2. The van der Waals surface area contributed by atoms with E-state index in [2.05, 4.69) is 15.2 Å². The van der Waals surface area contributed by atoms with Gasteiger partial charge in [-0.2, -0.15) is 5.10 Å². The van der Waals surface area contributed by atoms with Crippen LogP contribution in [0.3, 0.4) is 0 Å². The fourth-order valence-corrected chi connectivity index (χ4v) is 1.24. The van der Waals surface area contributed by atoms with Gasteiger partial charge in [-0.3, -0.25) is 10.1 Å². The van der Waals surface area contributed by atoms with Crippen LogP contribution in [0.4, 0.5) is 0 Å². The van der Waals surface area contributed by atoms with Crippen LogP contribution in [-0.2, 0) is 5.88 Å². The van der Waals surface area contributed by atoms with Crippen LogP contribution in [0.5, 0.6) is 0 Å². The highest BCUT2D eigenvalue weighted by Gasteiger charge is 2.01. The monoisotopic (exact) mass is 229 g/mol. The maximum absolute atomic E-state index is 5.64. The molecule has 2 aromatic heterocycles. The number of nitrogens with one attached hydrogen (secondary N) is 1. The number of pyridine rings is 1. The Morgan fingerprint density at radius 3 is 2.57 bits per heavy atom. The lowest BCUT2D eigenvalue weighted by atomic mass is 10.2. The lowest BCUT2D eigenvalue weighted by molar-refractivity contribution is 1.04. The van der Waals surface area contributed by atoms with E-state index in [1.54, 1.807) is 12.4 Å². The van der Waals surface area contributed by atoms with E-state index in [-0.39, 0.29) is 12.4 Å². The fraction of sp³-hybridized carbons (Fsp3) is 0.111.